The summed E-state index contributed by atoms with van der Waals surface area (Å²) in [5.41, 5.74) is 5.27. The molecule has 0 saturated carbocycles. The van der Waals surface area contributed by atoms with Gasteiger partial charge in [-0.25, -0.2) is 0 Å². The number of aryl methyl sites for hydroxylation is 2. The van der Waals surface area contributed by atoms with Crippen molar-refractivity contribution >= 4 is 23.2 Å². The van der Waals surface area contributed by atoms with Crippen molar-refractivity contribution in [3.63, 3.8) is 0 Å². The number of amides is 2. The van der Waals surface area contributed by atoms with E-state index in [4.69, 9.17) is 4.74 Å². The fraction of sp³-hybridized carbons (Fsp3) is 0.200. The van der Waals surface area contributed by atoms with Crippen molar-refractivity contribution in [2.75, 3.05) is 12.0 Å². The number of rotatable bonds is 7. The van der Waals surface area contributed by atoms with Crippen molar-refractivity contribution < 1.29 is 14.3 Å². The highest BCUT2D eigenvalue weighted by Crippen LogP contribution is 2.13. The number of thiophene rings is 1. The normalized spacial score (nSPS) is 10.4. The van der Waals surface area contributed by atoms with E-state index in [0.717, 1.165) is 16.3 Å². The Morgan fingerprint density at radius 2 is 1.74 bits per heavy atom. The number of hydrogen-bond donors (Lipinski definition) is 2. The molecule has 0 aliphatic heterocycles. The van der Waals surface area contributed by atoms with Gasteiger partial charge in [0.05, 0.1) is 6.54 Å². The third kappa shape index (κ3) is 4.98. The maximum atomic E-state index is 12.4. The lowest BCUT2D eigenvalue weighted by Gasteiger charge is -2.12. The van der Waals surface area contributed by atoms with Crippen molar-refractivity contribution in [2.45, 2.75) is 20.4 Å². The van der Waals surface area contributed by atoms with Crippen LogP contribution in [0.2, 0.25) is 0 Å². The maximum absolute atomic E-state index is 12.4. The summed E-state index contributed by atoms with van der Waals surface area (Å²) in [6, 6.07) is 14.5. The Balaban J connectivity index is 1.49. The minimum Gasteiger partial charge on any atom is -0.484 e. The summed E-state index contributed by atoms with van der Waals surface area (Å²) in [7, 11) is 0. The van der Waals surface area contributed by atoms with Crippen molar-refractivity contribution in [3.8, 4) is 5.75 Å². The van der Waals surface area contributed by atoms with Crippen LogP contribution in [0.1, 0.15) is 26.6 Å². The summed E-state index contributed by atoms with van der Waals surface area (Å²) in [4.78, 5) is 25.3. The highest BCUT2D eigenvalue weighted by Gasteiger charge is 2.09. The molecule has 0 aliphatic carbocycles. The van der Waals surface area contributed by atoms with Crippen LogP contribution in [0.5, 0.6) is 5.75 Å². The SMILES string of the molecule is Cc1ccc(C)n1NC(=O)c1ccc(OCC(=O)NCc2cccs2)cc1. The zero-order valence-electron chi connectivity index (χ0n) is 15.2. The second kappa shape index (κ2) is 8.55. The average Bonchev–Trinajstić information content (AvgIpc) is 3.30. The van der Waals surface area contributed by atoms with Gasteiger partial charge in [-0.15, -0.1) is 11.3 Å². The van der Waals surface area contributed by atoms with Gasteiger partial charge in [0.25, 0.3) is 11.8 Å². The highest BCUT2D eigenvalue weighted by molar-refractivity contribution is 7.09. The molecule has 0 bridgehead atoms. The number of ether oxygens (including phenoxy) is 1. The third-order valence-corrected chi connectivity index (χ3v) is 4.89. The van der Waals surface area contributed by atoms with Crippen molar-refractivity contribution in [2.24, 2.45) is 0 Å². The number of nitrogens with zero attached hydrogens (tertiary/aromatic N) is 1. The second-order valence-corrected chi connectivity index (χ2v) is 7.09. The molecule has 2 amide bonds. The smallest absolute Gasteiger partial charge is 0.270 e. The molecule has 0 radical (unpaired) electrons. The van der Waals surface area contributed by atoms with Gasteiger partial charge in [0.1, 0.15) is 5.75 Å². The number of carbonyl (C=O) groups excluding carboxylic acids is 2. The quantitative estimate of drug-likeness (QED) is 0.658. The van der Waals surface area contributed by atoms with Gasteiger partial charge >= 0.3 is 0 Å². The molecule has 0 aliphatic rings. The van der Waals surface area contributed by atoms with Gasteiger partial charge in [-0.3, -0.25) is 19.7 Å². The molecule has 0 atom stereocenters. The topological polar surface area (TPSA) is 72.4 Å². The predicted octanol–water partition coefficient (Wildman–Crippen LogP) is 3.25. The number of aromatic nitrogens is 1. The molecule has 1 aromatic carbocycles. The summed E-state index contributed by atoms with van der Waals surface area (Å²) >= 11 is 1.59. The first-order valence-electron chi connectivity index (χ1n) is 8.51. The van der Waals surface area contributed by atoms with Crippen LogP contribution in [0.4, 0.5) is 0 Å². The van der Waals surface area contributed by atoms with E-state index in [1.165, 1.54) is 0 Å². The van der Waals surface area contributed by atoms with Crippen LogP contribution in [0.3, 0.4) is 0 Å². The maximum Gasteiger partial charge on any atom is 0.270 e. The lowest BCUT2D eigenvalue weighted by Crippen LogP contribution is -2.28. The first kappa shape index (κ1) is 18.7. The van der Waals surface area contributed by atoms with Crippen molar-refractivity contribution in [3.05, 3.63) is 75.7 Å². The molecule has 2 aromatic heterocycles. The van der Waals surface area contributed by atoms with E-state index in [0.29, 0.717) is 17.9 Å². The Hall–Kier alpha value is -3.06. The van der Waals surface area contributed by atoms with Crippen LogP contribution in [0.25, 0.3) is 0 Å². The Morgan fingerprint density at radius 1 is 1.04 bits per heavy atom. The molecule has 2 heterocycles. The summed E-state index contributed by atoms with van der Waals surface area (Å²) in [6.07, 6.45) is 0. The molecule has 0 spiro atoms. The number of benzene rings is 1. The first-order valence-corrected chi connectivity index (χ1v) is 9.39. The predicted molar refractivity (Wildman–Crippen MR) is 106 cm³/mol. The van der Waals surface area contributed by atoms with Gasteiger partial charge in [0, 0.05) is 21.8 Å². The lowest BCUT2D eigenvalue weighted by molar-refractivity contribution is -0.123. The van der Waals surface area contributed by atoms with Crippen molar-refractivity contribution in [1.29, 1.82) is 0 Å². The summed E-state index contributed by atoms with van der Waals surface area (Å²) < 4.78 is 7.21. The van der Waals surface area contributed by atoms with Gasteiger partial charge in [-0.2, -0.15) is 0 Å². The van der Waals surface area contributed by atoms with E-state index < -0.39 is 0 Å². The average molecular weight is 383 g/mol. The summed E-state index contributed by atoms with van der Waals surface area (Å²) in [5.74, 6) is 0.132. The second-order valence-electron chi connectivity index (χ2n) is 6.06. The molecule has 0 saturated heterocycles. The Morgan fingerprint density at radius 3 is 2.37 bits per heavy atom. The Labute approximate surface area is 161 Å². The van der Waals surface area contributed by atoms with E-state index in [1.54, 1.807) is 40.3 Å². The zero-order valence-corrected chi connectivity index (χ0v) is 16.0. The monoisotopic (exact) mass is 383 g/mol. The number of carbonyl (C=O) groups is 2. The van der Waals surface area contributed by atoms with Crippen LogP contribution in [-0.2, 0) is 11.3 Å². The molecular formula is C20H21N3O3S. The first-order chi connectivity index (χ1) is 13.0. The fourth-order valence-electron chi connectivity index (χ4n) is 2.51. The van der Waals surface area contributed by atoms with Gasteiger partial charge in [0.2, 0.25) is 0 Å². The number of hydrogen-bond acceptors (Lipinski definition) is 4. The fourth-order valence-corrected chi connectivity index (χ4v) is 3.16. The molecule has 3 rings (SSSR count). The van der Waals surface area contributed by atoms with E-state index in [9.17, 15) is 9.59 Å². The molecule has 3 aromatic rings. The zero-order chi connectivity index (χ0) is 19.2. The number of nitrogens with one attached hydrogen (secondary N) is 2. The molecule has 27 heavy (non-hydrogen) atoms. The molecule has 0 unspecified atom stereocenters. The van der Waals surface area contributed by atoms with E-state index >= 15 is 0 Å². The third-order valence-electron chi connectivity index (χ3n) is 4.01. The molecule has 0 fully saturated rings. The molecule has 7 heteroatoms. The Bertz CT molecular complexity index is 895. The van der Waals surface area contributed by atoms with Gasteiger partial charge in [-0.1, -0.05) is 6.07 Å². The molecule has 6 nitrogen and oxygen atoms in total. The lowest BCUT2D eigenvalue weighted by atomic mass is 10.2. The molecule has 2 N–H and O–H groups in total. The van der Waals surface area contributed by atoms with Crippen molar-refractivity contribution in [1.82, 2.24) is 9.99 Å². The minimum atomic E-state index is -0.211. The van der Waals surface area contributed by atoms with Crippen LogP contribution in [0.15, 0.2) is 53.9 Å². The molecule has 140 valence electrons. The summed E-state index contributed by atoms with van der Waals surface area (Å²) in [5, 5.41) is 4.77. The van der Waals surface area contributed by atoms with E-state index in [-0.39, 0.29) is 18.4 Å². The van der Waals surface area contributed by atoms with Crippen LogP contribution >= 0.6 is 11.3 Å². The van der Waals surface area contributed by atoms with Gasteiger partial charge in [0.15, 0.2) is 6.61 Å². The van der Waals surface area contributed by atoms with E-state index in [2.05, 4.69) is 10.7 Å². The van der Waals surface area contributed by atoms with Crippen LogP contribution in [0, 0.1) is 13.8 Å². The van der Waals surface area contributed by atoms with Gasteiger partial charge < -0.3 is 10.1 Å². The minimum absolute atomic E-state index is 0.0708. The van der Waals surface area contributed by atoms with E-state index in [1.807, 2.05) is 43.5 Å². The van der Waals surface area contributed by atoms with Crippen LogP contribution in [-0.4, -0.2) is 23.1 Å². The van der Waals surface area contributed by atoms with Gasteiger partial charge in [-0.05, 0) is 61.7 Å². The van der Waals surface area contributed by atoms with Crippen LogP contribution < -0.4 is 15.5 Å². The molecular weight excluding hydrogens is 362 g/mol. The highest BCUT2D eigenvalue weighted by atomic mass is 32.1. The standard InChI is InChI=1S/C20H21N3O3S/c1-14-5-6-15(2)23(14)22-20(25)16-7-9-17(10-8-16)26-13-19(24)21-12-18-4-3-11-27-18/h3-11H,12-13H2,1-2H3,(H,21,24)(H,22,25). The largest absolute Gasteiger partial charge is 0.484 e. The summed E-state index contributed by atoms with van der Waals surface area (Å²) in [6.45, 7) is 4.28. The Kier molecular flexibility index (Phi) is 5.93.